The molecule has 1 fully saturated rings. The fourth-order valence-corrected chi connectivity index (χ4v) is 2.35. The molecule has 0 radical (unpaired) electrons. The molecule has 0 amide bonds. The third-order valence-corrected chi connectivity index (χ3v) is 2.99. The van der Waals surface area contributed by atoms with Crippen molar-refractivity contribution in [3.8, 4) is 0 Å². The third kappa shape index (κ3) is 1.10. The first kappa shape index (κ1) is 4.87. The number of rotatable bonds is 0. The summed E-state index contributed by atoms with van der Waals surface area (Å²) < 4.78 is 18.5. The SMILES string of the molecule is O=[P+]1OSSO1. The quantitative estimate of drug-likeness (QED) is 0.294. The molecule has 0 spiro atoms. The van der Waals surface area contributed by atoms with Crippen LogP contribution in [0.5, 0.6) is 0 Å². The molecule has 1 aliphatic heterocycles. The van der Waals surface area contributed by atoms with Gasteiger partial charge in [-0.3, -0.25) is 0 Å². The van der Waals surface area contributed by atoms with E-state index in [0.29, 0.717) is 0 Å². The van der Waals surface area contributed by atoms with E-state index in [2.05, 4.69) is 7.94 Å². The average molecular weight is 143 g/mol. The van der Waals surface area contributed by atoms with Crippen LogP contribution in [0.3, 0.4) is 0 Å². The van der Waals surface area contributed by atoms with Gasteiger partial charge in [-0.25, -0.2) is 0 Å². The van der Waals surface area contributed by atoms with E-state index in [1.807, 2.05) is 0 Å². The normalized spacial score (nSPS) is 22.3. The molecule has 0 N–H and O–H groups in total. The Labute approximate surface area is 43.5 Å². The molecular formula is O3PS2+. The first-order valence-corrected chi connectivity index (χ1v) is 4.14. The fourth-order valence-electron chi connectivity index (χ4n) is 0.0870. The molecule has 0 aliphatic carbocycles. The molecule has 1 rings (SSSR count). The molecule has 34 valence electrons. The summed E-state index contributed by atoms with van der Waals surface area (Å²) in [6, 6.07) is 0. The highest BCUT2D eigenvalue weighted by Gasteiger charge is 2.31. The molecule has 0 bridgehead atoms. The molecule has 0 aromatic heterocycles. The maximum absolute atomic E-state index is 9.91. The van der Waals surface area contributed by atoms with Crippen LogP contribution in [0.1, 0.15) is 0 Å². The van der Waals surface area contributed by atoms with E-state index >= 15 is 0 Å². The zero-order chi connectivity index (χ0) is 4.41. The van der Waals surface area contributed by atoms with Crippen molar-refractivity contribution >= 4 is 30.4 Å². The minimum Gasteiger partial charge on any atom is -0.0298 e. The van der Waals surface area contributed by atoms with Crippen LogP contribution in [-0.2, 0) is 12.5 Å². The van der Waals surface area contributed by atoms with Crippen molar-refractivity contribution in [3.05, 3.63) is 0 Å². The Morgan fingerprint density at radius 1 is 1.33 bits per heavy atom. The summed E-state index contributed by atoms with van der Waals surface area (Å²) in [6.45, 7) is 0. The predicted octanol–water partition coefficient (Wildman–Crippen LogP) is 1.90. The first-order chi connectivity index (χ1) is 2.89. The highest BCUT2D eigenvalue weighted by molar-refractivity contribution is 8.74. The van der Waals surface area contributed by atoms with E-state index in [9.17, 15) is 4.57 Å². The van der Waals surface area contributed by atoms with Gasteiger partial charge in [0.05, 0.1) is 0 Å². The molecule has 0 saturated carbocycles. The Kier molecular flexibility index (Phi) is 1.74. The van der Waals surface area contributed by atoms with Crippen molar-refractivity contribution in [3.63, 3.8) is 0 Å². The lowest BCUT2D eigenvalue weighted by atomic mass is 15.8. The first-order valence-electron chi connectivity index (χ1n) is 1.05. The van der Waals surface area contributed by atoms with Gasteiger partial charge in [-0.15, -0.1) is 0 Å². The second kappa shape index (κ2) is 2.14. The summed E-state index contributed by atoms with van der Waals surface area (Å²) in [6.07, 6.45) is 0. The molecule has 0 aromatic rings. The smallest absolute Gasteiger partial charge is 0.0298 e. The highest BCUT2D eigenvalue weighted by Crippen LogP contribution is 2.50. The second-order valence-electron chi connectivity index (χ2n) is 0.509. The van der Waals surface area contributed by atoms with Gasteiger partial charge in [0, 0.05) is 4.57 Å². The van der Waals surface area contributed by atoms with Crippen LogP contribution < -0.4 is 0 Å². The van der Waals surface area contributed by atoms with Gasteiger partial charge in [0.15, 0.2) is 22.1 Å². The van der Waals surface area contributed by atoms with Crippen molar-refractivity contribution in [1.29, 1.82) is 0 Å². The Morgan fingerprint density at radius 2 is 1.83 bits per heavy atom. The van der Waals surface area contributed by atoms with Crippen molar-refractivity contribution in [2.75, 3.05) is 0 Å². The second-order valence-corrected chi connectivity index (χ2v) is 3.24. The van der Waals surface area contributed by atoms with Crippen molar-refractivity contribution in [2.45, 2.75) is 0 Å². The van der Waals surface area contributed by atoms with Crippen molar-refractivity contribution < 1.29 is 12.5 Å². The van der Waals surface area contributed by atoms with Gasteiger partial charge < -0.3 is 0 Å². The molecule has 6 heteroatoms. The van der Waals surface area contributed by atoms with Crippen molar-refractivity contribution in [1.82, 2.24) is 0 Å². The summed E-state index contributed by atoms with van der Waals surface area (Å²) >= 11 is 1.99. The lowest BCUT2D eigenvalue weighted by molar-refractivity contribution is 0.475. The zero-order valence-corrected chi connectivity index (χ0v) is 5.02. The van der Waals surface area contributed by atoms with E-state index < -0.39 is 8.25 Å². The monoisotopic (exact) mass is 143 g/mol. The summed E-state index contributed by atoms with van der Waals surface area (Å²) in [5.41, 5.74) is 0. The van der Waals surface area contributed by atoms with Gasteiger partial charge in [-0.1, -0.05) is 0 Å². The molecule has 3 nitrogen and oxygen atoms in total. The topological polar surface area (TPSA) is 35.5 Å². The molecule has 1 saturated heterocycles. The van der Waals surface area contributed by atoms with Crippen LogP contribution in [-0.4, -0.2) is 0 Å². The zero-order valence-electron chi connectivity index (χ0n) is 2.49. The number of hydrogen-bond donors (Lipinski definition) is 0. The van der Waals surface area contributed by atoms with Gasteiger partial charge in [-0.2, -0.15) is 0 Å². The molecule has 6 heavy (non-hydrogen) atoms. The largest absolute Gasteiger partial charge is 0.724 e. The van der Waals surface area contributed by atoms with Gasteiger partial charge in [-0.05, 0) is 7.94 Å². The molecule has 0 unspecified atom stereocenters. The summed E-state index contributed by atoms with van der Waals surface area (Å²) in [5, 5.41) is 0. The molecule has 0 atom stereocenters. The molecule has 0 aromatic carbocycles. The maximum atomic E-state index is 9.91. The van der Waals surface area contributed by atoms with E-state index in [1.165, 1.54) is 0 Å². The number of hydrogen-bond acceptors (Lipinski definition) is 5. The predicted molar refractivity (Wildman–Crippen MR) is 25.0 cm³/mol. The maximum Gasteiger partial charge on any atom is 0.724 e. The lowest BCUT2D eigenvalue weighted by Gasteiger charge is -1.51. The van der Waals surface area contributed by atoms with Gasteiger partial charge >= 0.3 is 8.25 Å². The summed E-state index contributed by atoms with van der Waals surface area (Å²) in [7, 11) is -1.79. The molecule has 1 heterocycles. The Hall–Kier alpha value is 0.720. The molecular weight excluding hydrogens is 143 g/mol. The van der Waals surface area contributed by atoms with Gasteiger partial charge in [0.2, 0.25) is 0 Å². The van der Waals surface area contributed by atoms with Crippen LogP contribution in [0.15, 0.2) is 0 Å². The van der Waals surface area contributed by atoms with E-state index in [1.54, 1.807) is 0 Å². The van der Waals surface area contributed by atoms with E-state index in [0.717, 1.165) is 22.1 Å². The minimum absolute atomic E-state index is 0.993. The van der Waals surface area contributed by atoms with Crippen LogP contribution in [0.2, 0.25) is 0 Å². The van der Waals surface area contributed by atoms with E-state index in [-0.39, 0.29) is 0 Å². The Bertz CT molecular complexity index is 63.2. The molecule has 1 aliphatic rings. The standard InChI is InChI=1S/O3PS2/c1-4-2-5-6-3-4/q+1. The Morgan fingerprint density at radius 3 is 2.00 bits per heavy atom. The van der Waals surface area contributed by atoms with Crippen LogP contribution >= 0.6 is 30.4 Å². The van der Waals surface area contributed by atoms with Crippen molar-refractivity contribution in [2.24, 2.45) is 0 Å². The highest BCUT2D eigenvalue weighted by atomic mass is 33.1. The fraction of sp³-hybridized carbons (Fsp3) is 0. The summed E-state index contributed by atoms with van der Waals surface area (Å²) in [4.78, 5) is 0. The van der Waals surface area contributed by atoms with E-state index in [4.69, 9.17) is 0 Å². The average Bonchev–Trinajstić information content (AvgIpc) is 1.86. The van der Waals surface area contributed by atoms with Gasteiger partial charge in [0.25, 0.3) is 0 Å². The van der Waals surface area contributed by atoms with Crippen LogP contribution in [0.4, 0.5) is 0 Å². The third-order valence-electron chi connectivity index (χ3n) is 0.210. The minimum atomic E-state index is -1.79. The summed E-state index contributed by atoms with van der Waals surface area (Å²) in [5.74, 6) is 0. The Balaban J connectivity index is 2.37. The van der Waals surface area contributed by atoms with Crippen LogP contribution in [0, 0.1) is 0 Å². The lowest BCUT2D eigenvalue weighted by Crippen LogP contribution is -1.43. The van der Waals surface area contributed by atoms with Crippen LogP contribution in [0.25, 0.3) is 0 Å². The van der Waals surface area contributed by atoms with Gasteiger partial charge in [0.1, 0.15) is 0 Å².